The third kappa shape index (κ3) is 7.05. The van der Waals surface area contributed by atoms with E-state index in [1.54, 1.807) is 0 Å². The molecule has 0 bridgehead atoms. The lowest BCUT2D eigenvalue weighted by molar-refractivity contribution is -0.128. The molecule has 0 saturated carbocycles. The van der Waals surface area contributed by atoms with Crippen LogP contribution in [-0.4, -0.2) is 67.2 Å². The van der Waals surface area contributed by atoms with Gasteiger partial charge in [-0.2, -0.15) is 0 Å². The van der Waals surface area contributed by atoms with Crippen molar-refractivity contribution in [2.75, 3.05) is 31.9 Å². The van der Waals surface area contributed by atoms with Crippen LogP contribution in [0.1, 0.15) is 44.3 Å². The lowest BCUT2D eigenvalue weighted by atomic mass is 9.92. The first kappa shape index (κ1) is 25.2. The summed E-state index contributed by atoms with van der Waals surface area (Å²) < 4.78 is 2.19. The molecule has 3 heterocycles. The lowest BCUT2D eigenvalue weighted by Crippen LogP contribution is -2.36. The molecule has 1 aliphatic heterocycles. The zero-order valence-corrected chi connectivity index (χ0v) is 21.6. The van der Waals surface area contributed by atoms with Crippen molar-refractivity contribution >= 4 is 17.7 Å². The van der Waals surface area contributed by atoms with Crippen molar-refractivity contribution < 1.29 is 4.79 Å². The minimum Gasteiger partial charge on any atom is -0.341 e. The molecule has 0 atom stereocenters. The summed E-state index contributed by atoms with van der Waals surface area (Å²) in [6.07, 6.45) is 4.81. The highest BCUT2D eigenvalue weighted by molar-refractivity contribution is 7.99. The van der Waals surface area contributed by atoms with Crippen LogP contribution in [-0.2, 0) is 23.3 Å². The minimum atomic E-state index is -0.225. The summed E-state index contributed by atoms with van der Waals surface area (Å²) in [6, 6.07) is 11.9. The van der Waals surface area contributed by atoms with Crippen LogP contribution in [0.5, 0.6) is 0 Å². The molecule has 9 heteroatoms. The highest BCUT2D eigenvalue weighted by atomic mass is 32.2. The van der Waals surface area contributed by atoms with E-state index < -0.39 is 0 Å². The summed E-state index contributed by atoms with van der Waals surface area (Å²) in [5.41, 5.74) is 1.57. The smallest absolute Gasteiger partial charge is 0.251 e. The number of aromatic nitrogens is 4. The summed E-state index contributed by atoms with van der Waals surface area (Å²) in [7, 11) is 0. The van der Waals surface area contributed by atoms with E-state index in [4.69, 9.17) is 0 Å². The van der Waals surface area contributed by atoms with Crippen molar-refractivity contribution in [3.05, 3.63) is 76.2 Å². The lowest BCUT2D eigenvalue weighted by Gasteiger charge is -2.22. The Hall–Kier alpha value is -2.91. The summed E-state index contributed by atoms with van der Waals surface area (Å²) >= 11 is 1.30. The zero-order valence-electron chi connectivity index (χ0n) is 20.7. The van der Waals surface area contributed by atoms with Gasteiger partial charge in [0.25, 0.3) is 5.56 Å². The van der Waals surface area contributed by atoms with Crippen molar-refractivity contribution in [1.82, 2.24) is 29.3 Å². The van der Waals surface area contributed by atoms with Crippen LogP contribution in [0.2, 0.25) is 0 Å². The van der Waals surface area contributed by atoms with Crippen molar-refractivity contribution in [3.8, 4) is 0 Å². The summed E-state index contributed by atoms with van der Waals surface area (Å²) in [6.45, 7) is 10.8. The molecule has 0 radical (unpaired) electrons. The third-order valence-corrected chi connectivity index (χ3v) is 6.98. The van der Waals surface area contributed by atoms with Crippen LogP contribution in [0.4, 0.5) is 0 Å². The number of nitrogens with one attached hydrogen (secondary N) is 1. The molecular formula is C26H34N6O2S. The topological polar surface area (TPSA) is 87.1 Å². The maximum absolute atomic E-state index is 12.9. The van der Waals surface area contributed by atoms with Crippen molar-refractivity contribution in [3.63, 3.8) is 0 Å². The van der Waals surface area contributed by atoms with Gasteiger partial charge in [-0.15, -0.1) is 0 Å². The molecule has 1 aliphatic rings. The molecule has 4 rings (SSSR count). The van der Waals surface area contributed by atoms with E-state index >= 15 is 0 Å². The van der Waals surface area contributed by atoms with E-state index in [1.807, 2.05) is 44.1 Å². The van der Waals surface area contributed by atoms with E-state index in [-0.39, 0.29) is 22.6 Å². The van der Waals surface area contributed by atoms with Gasteiger partial charge in [-0.3, -0.25) is 14.5 Å². The Morgan fingerprint density at radius 3 is 2.66 bits per heavy atom. The Balaban J connectivity index is 1.30. The van der Waals surface area contributed by atoms with Gasteiger partial charge < -0.3 is 14.5 Å². The van der Waals surface area contributed by atoms with Gasteiger partial charge >= 0.3 is 0 Å². The predicted molar refractivity (Wildman–Crippen MR) is 139 cm³/mol. The first-order chi connectivity index (χ1) is 16.8. The van der Waals surface area contributed by atoms with Gasteiger partial charge in [-0.05, 0) is 12.0 Å². The molecule has 1 saturated heterocycles. The number of H-pyrrole nitrogens is 1. The highest BCUT2D eigenvalue weighted by Crippen LogP contribution is 2.21. The summed E-state index contributed by atoms with van der Waals surface area (Å²) in [5, 5.41) is 0.498. The molecule has 186 valence electrons. The second-order valence-corrected chi connectivity index (χ2v) is 10.9. The van der Waals surface area contributed by atoms with E-state index in [9.17, 15) is 9.59 Å². The standard InChI is InChI=1S/C26H34N6O2S/c1-26(2,3)21-16-23(33)29-25(28-21)35-19-24(34)31-12-7-11-30(14-15-31)18-22-27-10-13-32(22)17-20-8-5-4-6-9-20/h4-6,8-10,13,16H,7,11-12,14-15,17-19H2,1-3H3,(H,28,29,33). The van der Waals surface area contributed by atoms with E-state index in [2.05, 4.69) is 48.7 Å². The van der Waals surface area contributed by atoms with Crippen molar-refractivity contribution in [1.29, 1.82) is 0 Å². The second kappa shape index (κ2) is 11.2. The molecule has 8 nitrogen and oxygen atoms in total. The summed E-state index contributed by atoms with van der Waals surface area (Å²) in [4.78, 5) is 41.1. The van der Waals surface area contributed by atoms with E-state index in [0.29, 0.717) is 11.7 Å². The van der Waals surface area contributed by atoms with Gasteiger partial charge in [0.2, 0.25) is 5.91 Å². The zero-order chi connectivity index (χ0) is 24.8. The molecule has 3 aromatic rings. The van der Waals surface area contributed by atoms with Gasteiger partial charge in [0, 0.05) is 56.6 Å². The van der Waals surface area contributed by atoms with Gasteiger partial charge in [-0.1, -0.05) is 62.9 Å². The molecule has 1 aromatic carbocycles. The maximum Gasteiger partial charge on any atom is 0.251 e. The van der Waals surface area contributed by atoms with Crippen molar-refractivity contribution in [2.24, 2.45) is 0 Å². The third-order valence-electron chi connectivity index (χ3n) is 6.12. The molecule has 1 amide bonds. The molecular weight excluding hydrogens is 460 g/mol. The molecule has 0 unspecified atom stereocenters. The SMILES string of the molecule is CC(C)(C)c1cc(=O)[nH]c(SCC(=O)N2CCCN(Cc3nccn3Cc3ccccc3)CC2)n1. The normalized spacial score (nSPS) is 15.2. The van der Waals surface area contributed by atoms with E-state index in [0.717, 1.165) is 50.7 Å². The van der Waals surface area contributed by atoms with Gasteiger partial charge in [0.05, 0.1) is 18.0 Å². The maximum atomic E-state index is 12.9. The van der Waals surface area contributed by atoms with Crippen molar-refractivity contribution in [2.45, 2.75) is 50.9 Å². The average molecular weight is 495 g/mol. The number of carbonyl (C=O) groups excluding carboxylic acids is 1. The number of carbonyl (C=O) groups is 1. The van der Waals surface area contributed by atoms with Crippen LogP contribution in [0.15, 0.2) is 58.7 Å². The number of aromatic amines is 1. The molecule has 35 heavy (non-hydrogen) atoms. The molecule has 1 N–H and O–H groups in total. The Labute approximate surface area is 210 Å². The fourth-order valence-corrected chi connectivity index (χ4v) is 4.88. The first-order valence-electron chi connectivity index (χ1n) is 12.1. The summed E-state index contributed by atoms with van der Waals surface area (Å²) in [5.74, 6) is 1.38. The van der Waals surface area contributed by atoms with E-state index in [1.165, 1.54) is 23.4 Å². The number of thioether (sulfide) groups is 1. The second-order valence-electron chi connectivity index (χ2n) is 9.94. The number of hydrogen-bond donors (Lipinski definition) is 1. The number of rotatable bonds is 7. The molecule has 0 aliphatic carbocycles. The molecule has 2 aromatic heterocycles. The highest BCUT2D eigenvalue weighted by Gasteiger charge is 2.22. The first-order valence-corrected chi connectivity index (χ1v) is 13.1. The molecule has 0 spiro atoms. The number of nitrogens with zero attached hydrogens (tertiary/aromatic N) is 5. The Morgan fingerprint density at radius 1 is 1.09 bits per heavy atom. The van der Waals surface area contributed by atoms with Gasteiger partial charge in [0.15, 0.2) is 5.16 Å². The van der Waals surface area contributed by atoms with Gasteiger partial charge in [-0.25, -0.2) is 9.97 Å². The number of imidazole rings is 1. The Morgan fingerprint density at radius 2 is 1.89 bits per heavy atom. The Bertz CT molecular complexity index is 1180. The monoisotopic (exact) mass is 494 g/mol. The fourth-order valence-electron chi connectivity index (χ4n) is 4.10. The Kier molecular flexibility index (Phi) is 8.07. The largest absolute Gasteiger partial charge is 0.341 e. The molecule has 1 fully saturated rings. The number of hydrogen-bond acceptors (Lipinski definition) is 6. The number of benzene rings is 1. The van der Waals surface area contributed by atoms with Crippen LogP contribution in [0, 0.1) is 0 Å². The van der Waals surface area contributed by atoms with Crippen LogP contribution >= 0.6 is 11.8 Å². The predicted octanol–water partition coefficient (Wildman–Crippen LogP) is 3.14. The van der Waals surface area contributed by atoms with Crippen LogP contribution in [0.25, 0.3) is 0 Å². The van der Waals surface area contributed by atoms with Crippen LogP contribution < -0.4 is 5.56 Å². The quantitative estimate of drug-likeness (QED) is 0.401. The average Bonchev–Trinajstić information content (AvgIpc) is 3.11. The minimum absolute atomic E-state index is 0.0752. The number of amides is 1. The van der Waals surface area contributed by atoms with Gasteiger partial charge in [0.1, 0.15) is 5.82 Å². The van der Waals surface area contributed by atoms with Crippen LogP contribution in [0.3, 0.4) is 0 Å². The fraction of sp³-hybridized carbons (Fsp3) is 0.462.